The topological polar surface area (TPSA) is 35.0 Å². The Labute approximate surface area is 132 Å². The minimum atomic E-state index is 0.562. The van der Waals surface area contributed by atoms with E-state index in [1.54, 1.807) is 6.20 Å². The van der Waals surface area contributed by atoms with Crippen LogP contribution in [-0.2, 0) is 0 Å². The Kier molecular flexibility index (Phi) is 3.65. The fourth-order valence-corrected chi connectivity index (χ4v) is 2.76. The zero-order chi connectivity index (χ0) is 13.2. The van der Waals surface area contributed by atoms with Gasteiger partial charge in [-0.3, -0.25) is 0 Å². The highest BCUT2D eigenvalue weighted by molar-refractivity contribution is 14.1. The number of rotatable bonds is 2. The molecule has 0 radical (unpaired) electrons. The van der Waals surface area contributed by atoms with Crippen LogP contribution in [0.3, 0.4) is 0 Å². The van der Waals surface area contributed by atoms with Crippen molar-refractivity contribution in [1.29, 1.82) is 0 Å². The van der Waals surface area contributed by atoms with Gasteiger partial charge in [0.15, 0.2) is 0 Å². The minimum absolute atomic E-state index is 0.562. The highest BCUT2D eigenvalue weighted by atomic mass is 127. The number of fused-ring (bicyclic) bond motifs is 1. The molecular weight excluding hydrogens is 419 g/mol. The first-order chi connectivity index (χ1) is 9.25. The van der Waals surface area contributed by atoms with E-state index in [0.717, 1.165) is 19.2 Å². The molecule has 1 heterocycles. The van der Waals surface area contributed by atoms with Gasteiger partial charge in [-0.2, -0.15) is 0 Å². The molecule has 2 aromatic carbocycles. The first kappa shape index (κ1) is 12.8. The normalized spacial score (nSPS) is 10.6. The van der Waals surface area contributed by atoms with Crippen LogP contribution in [0.2, 0.25) is 0 Å². The average molecular weight is 427 g/mol. The zero-order valence-corrected chi connectivity index (χ0v) is 13.4. The van der Waals surface area contributed by atoms with Gasteiger partial charge in [-0.25, -0.2) is 9.97 Å². The van der Waals surface area contributed by atoms with Gasteiger partial charge in [0.25, 0.3) is 0 Å². The lowest BCUT2D eigenvalue weighted by Crippen LogP contribution is -1.93. The van der Waals surface area contributed by atoms with Crippen molar-refractivity contribution in [3.63, 3.8) is 0 Å². The van der Waals surface area contributed by atoms with Gasteiger partial charge in [0.2, 0.25) is 5.88 Å². The van der Waals surface area contributed by atoms with Gasteiger partial charge >= 0.3 is 0 Å². The second kappa shape index (κ2) is 5.42. The highest BCUT2D eigenvalue weighted by Gasteiger charge is 2.09. The predicted molar refractivity (Wildman–Crippen MR) is 86.5 cm³/mol. The standard InChI is InChI=1S/C14H8BrIN2O/c15-13-10-4-2-1-3-9(10)5-6-12(13)19-14-11(16)7-17-8-18-14/h1-8H. The van der Waals surface area contributed by atoms with Crippen molar-refractivity contribution in [2.24, 2.45) is 0 Å². The number of benzene rings is 2. The van der Waals surface area contributed by atoms with Crippen molar-refractivity contribution in [2.75, 3.05) is 0 Å². The van der Waals surface area contributed by atoms with Crippen molar-refractivity contribution >= 4 is 49.3 Å². The first-order valence-electron chi connectivity index (χ1n) is 5.56. The van der Waals surface area contributed by atoms with E-state index in [0.29, 0.717) is 5.88 Å². The van der Waals surface area contributed by atoms with Crippen LogP contribution in [0.25, 0.3) is 10.8 Å². The maximum atomic E-state index is 5.84. The quantitative estimate of drug-likeness (QED) is 0.552. The summed E-state index contributed by atoms with van der Waals surface area (Å²) in [5.41, 5.74) is 0. The smallest absolute Gasteiger partial charge is 0.235 e. The van der Waals surface area contributed by atoms with E-state index in [9.17, 15) is 0 Å². The number of ether oxygens (including phenoxy) is 1. The lowest BCUT2D eigenvalue weighted by Gasteiger charge is -2.09. The van der Waals surface area contributed by atoms with E-state index in [2.05, 4.69) is 60.6 Å². The predicted octanol–water partition coefficient (Wildman–Crippen LogP) is 4.79. The Morgan fingerprint density at radius 2 is 1.95 bits per heavy atom. The molecule has 0 aliphatic rings. The summed E-state index contributed by atoms with van der Waals surface area (Å²) in [6.07, 6.45) is 3.20. The van der Waals surface area contributed by atoms with Crippen molar-refractivity contribution in [3.05, 3.63) is 57.0 Å². The third-order valence-corrected chi connectivity index (χ3v) is 4.23. The van der Waals surface area contributed by atoms with Crippen molar-refractivity contribution in [3.8, 4) is 11.6 Å². The van der Waals surface area contributed by atoms with Gasteiger partial charge in [0, 0.05) is 6.20 Å². The van der Waals surface area contributed by atoms with Crippen LogP contribution in [0.4, 0.5) is 0 Å². The van der Waals surface area contributed by atoms with E-state index < -0.39 is 0 Å². The molecule has 0 N–H and O–H groups in total. The summed E-state index contributed by atoms with van der Waals surface area (Å²) in [5, 5.41) is 2.28. The molecule has 3 nitrogen and oxygen atoms in total. The molecule has 0 saturated carbocycles. The molecule has 3 aromatic rings. The molecule has 0 atom stereocenters. The van der Waals surface area contributed by atoms with Crippen LogP contribution in [-0.4, -0.2) is 9.97 Å². The summed E-state index contributed by atoms with van der Waals surface area (Å²) in [7, 11) is 0. The van der Waals surface area contributed by atoms with Crippen molar-refractivity contribution in [2.45, 2.75) is 0 Å². The van der Waals surface area contributed by atoms with E-state index in [-0.39, 0.29) is 0 Å². The van der Waals surface area contributed by atoms with Crippen LogP contribution in [0.5, 0.6) is 11.6 Å². The molecule has 94 valence electrons. The summed E-state index contributed by atoms with van der Waals surface area (Å²) in [6.45, 7) is 0. The molecule has 3 rings (SSSR count). The van der Waals surface area contributed by atoms with Crippen molar-refractivity contribution < 1.29 is 4.74 Å². The summed E-state index contributed by atoms with van der Waals surface area (Å²) < 4.78 is 7.65. The van der Waals surface area contributed by atoms with Crippen LogP contribution >= 0.6 is 38.5 Å². The Morgan fingerprint density at radius 3 is 2.79 bits per heavy atom. The zero-order valence-electron chi connectivity index (χ0n) is 9.68. The number of nitrogens with zero attached hydrogens (tertiary/aromatic N) is 2. The number of halogens is 2. The van der Waals surface area contributed by atoms with Crippen molar-refractivity contribution in [1.82, 2.24) is 9.97 Å². The second-order valence-electron chi connectivity index (χ2n) is 3.88. The second-order valence-corrected chi connectivity index (χ2v) is 5.83. The maximum Gasteiger partial charge on any atom is 0.235 e. The fourth-order valence-electron chi connectivity index (χ4n) is 1.77. The Hall–Kier alpha value is -1.21. The van der Waals surface area contributed by atoms with Gasteiger partial charge < -0.3 is 4.74 Å². The third kappa shape index (κ3) is 2.57. The maximum absolute atomic E-state index is 5.84. The van der Waals surface area contributed by atoms with E-state index in [1.165, 1.54) is 11.7 Å². The molecular formula is C14H8BrIN2O. The first-order valence-corrected chi connectivity index (χ1v) is 7.43. The summed E-state index contributed by atoms with van der Waals surface area (Å²) in [6, 6.07) is 12.1. The average Bonchev–Trinajstić information content (AvgIpc) is 2.44. The molecule has 1 aromatic heterocycles. The van der Waals surface area contributed by atoms with Gasteiger partial charge in [0.1, 0.15) is 12.1 Å². The largest absolute Gasteiger partial charge is 0.437 e. The molecule has 0 amide bonds. The van der Waals surface area contributed by atoms with Gasteiger partial charge in [-0.15, -0.1) is 0 Å². The number of hydrogen-bond acceptors (Lipinski definition) is 3. The van der Waals surface area contributed by atoms with E-state index in [1.807, 2.05) is 24.3 Å². The molecule has 19 heavy (non-hydrogen) atoms. The van der Waals surface area contributed by atoms with Gasteiger partial charge in [-0.05, 0) is 55.4 Å². The molecule has 0 aliphatic heterocycles. The molecule has 0 unspecified atom stereocenters. The lowest BCUT2D eigenvalue weighted by atomic mass is 10.1. The summed E-state index contributed by atoms with van der Waals surface area (Å²) >= 11 is 5.74. The van der Waals surface area contributed by atoms with E-state index >= 15 is 0 Å². The Balaban J connectivity index is 2.07. The molecule has 0 spiro atoms. The highest BCUT2D eigenvalue weighted by Crippen LogP contribution is 2.35. The minimum Gasteiger partial charge on any atom is -0.437 e. The van der Waals surface area contributed by atoms with Gasteiger partial charge in [0.05, 0.1) is 8.04 Å². The molecule has 0 fully saturated rings. The molecule has 0 saturated heterocycles. The molecule has 0 aliphatic carbocycles. The monoisotopic (exact) mass is 426 g/mol. The SMILES string of the molecule is Brc1c(Oc2ncncc2I)ccc2ccccc12. The number of aromatic nitrogens is 2. The summed E-state index contributed by atoms with van der Waals surface area (Å²) in [4.78, 5) is 8.08. The Morgan fingerprint density at radius 1 is 1.11 bits per heavy atom. The Bertz CT molecular complexity index is 748. The van der Waals surface area contributed by atoms with Crippen LogP contribution in [0, 0.1) is 3.57 Å². The third-order valence-electron chi connectivity index (χ3n) is 2.67. The molecule has 0 bridgehead atoms. The van der Waals surface area contributed by atoms with Gasteiger partial charge in [-0.1, -0.05) is 30.3 Å². The number of hydrogen-bond donors (Lipinski definition) is 0. The summed E-state index contributed by atoms with van der Waals surface area (Å²) in [5.74, 6) is 1.31. The van der Waals surface area contributed by atoms with Crippen LogP contribution < -0.4 is 4.74 Å². The lowest BCUT2D eigenvalue weighted by molar-refractivity contribution is 0.455. The van der Waals surface area contributed by atoms with Crippen LogP contribution in [0.1, 0.15) is 0 Å². The molecule has 5 heteroatoms. The fraction of sp³-hybridized carbons (Fsp3) is 0. The van der Waals surface area contributed by atoms with Crippen LogP contribution in [0.15, 0.2) is 53.4 Å². The van der Waals surface area contributed by atoms with E-state index in [4.69, 9.17) is 4.74 Å².